The third kappa shape index (κ3) is 6.46. The Hall–Kier alpha value is -2.87. The summed E-state index contributed by atoms with van der Waals surface area (Å²) in [5.74, 6) is 0.459. The Kier molecular flexibility index (Phi) is 9.02. The number of rotatable bonds is 10. The third-order valence-electron chi connectivity index (χ3n) is 6.33. The van der Waals surface area contributed by atoms with E-state index in [9.17, 15) is 9.59 Å². The highest BCUT2D eigenvalue weighted by Gasteiger charge is 2.33. The lowest BCUT2D eigenvalue weighted by Crippen LogP contribution is -2.48. The number of fused-ring (bicyclic) bond motifs is 1. The minimum absolute atomic E-state index is 0.00728. The fourth-order valence-electron chi connectivity index (χ4n) is 4.37. The Morgan fingerprint density at radius 3 is 2.58 bits per heavy atom. The second-order valence-electron chi connectivity index (χ2n) is 8.86. The maximum Gasteiger partial charge on any atom is 0.254 e. The molecule has 8 heteroatoms. The lowest BCUT2D eigenvalue weighted by atomic mass is 10.0. The van der Waals surface area contributed by atoms with Crippen LogP contribution in [0.1, 0.15) is 38.8 Å². The van der Waals surface area contributed by atoms with Crippen LogP contribution in [-0.2, 0) is 16.0 Å². The first kappa shape index (κ1) is 26.2. The SMILES string of the molecule is COCCCN(CC(=O)N1CCc2sccc2[C@H]1COc1ccc(Cl)cc1)C(=O)c1ccc(C)cc1. The van der Waals surface area contributed by atoms with Gasteiger partial charge in [0.1, 0.15) is 18.9 Å². The molecule has 2 aromatic carbocycles. The molecular formula is C28H31ClN2O4S. The molecular weight excluding hydrogens is 496 g/mol. The number of amides is 2. The molecule has 190 valence electrons. The van der Waals surface area contributed by atoms with Crippen molar-refractivity contribution >= 4 is 34.8 Å². The van der Waals surface area contributed by atoms with E-state index >= 15 is 0 Å². The van der Waals surface area contributed by atoms with Gasteiger partial charge in [-0.25, -0.2) is 0 Å². The summed E-state index contributed by atoms with van der Waals surface area (Å²) in [6.07, 6.45) is 1.45. The predicted molar refractivity (Wildman–Crippen MR) is 143 cm³/mol. The number of hydrogen-bond donors (Lipinski definition) is 0. The number of carbonyl (C=O) groups excluding carboxylic acids is 2. The topological polar surface area (TPSA) is 59.1 Å². The minimum atomic E-state index is -0.224. The molecule has 0 N–H and O–H groups in total. The van der Waals surface area contributed by atoms with Crippen LogP contribution in [0.15, 0.2) is 60.0 Å². The summed E-state index contributed by atoms with van der Waals surface area (Å²) < 4.78 is 11.3. The molecule has 0 fully saturated rings. The average molecular weight is 527 g/mol. The summed E-state index contributed by atoms with van der Waals surface area (Å²) in [5.41, 5.74) is 2.77. The number of hydrogen-bond acceptors (Lipinski definition) is 5. The Bertz CT molecular complexity index is 1160. The van der Waals surface area contributed by atoms with E-state index in [1.54, 1.807) is 35.5 Å². The molecule has 2 heterocycles. The van der Waals surface area contributed by atoms with E-state index in [-0.39, 0.29) is 24.4 Å². The van der Waals surface area contributed by atoms with Crippen LogP contribution in [0.3, 0.4) is 0 Å². The maximum absolute atomic E-state index is 13.7. The molecule has 1 aliphatic rings. The number of nitrogens with zero attached hydrogens (tertiary/aromatic N) is 2. The molecule has 1 aliphatic heterocycles. The first-order valence-corrected chi connectivity index (χ1v) is 13.3. The van der Waals surface area contributed by atoms with Crippen LogP contribution < -0.4 is 4.74 Å². The van der Waals surface area contributed by atoms with Crippen LogP contribution >= 0.6 is 22.9 Å². The fraction of sp³-hybridized carbons (Fsp3) is 0.357. The molecule has 36 heavy (non-hydrogen) atoms. The van der Waals surface area contributed by atoms with E-state index in [0.29, 0.717) is 49.1 Å². The van der Waals surface area contributed by atoms with Gasteiger partial charge in [-0.1, -0.05) is 29.3 Å². The molecule has 0 spiro atoms. The van der Waals surface area contributed by atoms with Gasteiger partial charge in [0, 0.05) is 42.3 Å². The highest BCUT2D eigenvalue weighted by Crippen LogP contribution is 2.34. The van der Waals surface area contributed by atoms with Crippen molar-refractivity contribution in [1.29, 1.82) is 0 Å². The minimum Gasteiger partial charge on any atom is -0.491 e. The van der Waals surface area contributed by atoms with Crippen molar-refractivity contribution in [2.75, 3.05) is 40.0 Å². The molecule has 0 aliphatic carbocycles. The number of thiophene rings is 1. The largest absolute Gasteiger partial charge is 0.491 e. The Balaban J connectivity index is 1.51. The van der Waals surface area contributed by atoms with E-state index in [1.165, 1.54) is 4.88 Å². The molecule has 0 saturated carbocycles. The van der Waals surface area contributed by atoms with E-state index in [0.717, 1.165) is 17.5 Å². The van der Waals surface area contributed by atoms with Gasteiger partial charge < -0.3 is 19.3 Å². The van der Waals surface area contributed by atoms with Crippen molar-refractivity contribution in [2.45, 2.75) is 25.8 Å². The van der Waals surface area contributed by atoms with Crippen molar-refractivity contribution in [3.05, 3.63) is 86.6 Å². The van der Waals surface area contributed by atoms with Crippen molar-refractivity contribution in [1.82, 2.24) is 9.80 Å². The smallest absolute Gasteiger partial charge is 0.254 e. The summed E-state index contributed by atoms with van der Waals surface area (Å²) in [5, 5.41) is 2.70. The zero-order chi connectivity index (χ0) is 25.5. The zero-order valence-electron chi connectivity index (χ0n) is 20.6. The van der Waals surface area contributed by atoms with Crippen molar-refractivity contribution in [3.63, 3.8) is 0 Å². The Labute approximate surface area is 221 Å². The maximum atomic E-state index is 13.7. The van der Waals surface area contributed by atoms with Gasteiger partial charge in [0.2, 0.25) is 5.91 Å². The zero-order valence-corrected chi connectivity index (χ0v) is 22.2. The molecule has 1 aromatic heterocycles. The molecule has 2 amide bonds. The highest BCUT2D eigenvalue weighted by molar-refractivity contribution is 7.10. The van der Waals surface area contributed by atoms with Gasteiger partial charge in [-0.2, -0.15) is 0 Å². The van der Waals surface area contributed by atoms with Crippen molar-refractivity contribution in [3.8, 4) is 5.75 Å². The van der Waals surface area contributed by atoms with Gasteiger partial charge >= 0.3 is 0 Å². The summed E-state index contributed by atoms with van der Waals surface area (Å²) in [6.45, 7) is 3.86. The van der Waals surface area contributed by atoms with Gasteiger partial charge in [-0.15, -0.1) is 11.3 Å². The molecule has 0 radical (unpaired) electrons. The lowest BCUT2D eigenvalue weighted by Gasteiger charge is -2.37. The molecule has 1 atom stereocenters. The van der Waals surface area contributed by atoms with Crippen LogP contribution in [0.5, 0.6) is 5.75 Å². The van der Waals surface area contributed by atoms with Gasteiger partial charge in [0.15, 0.2) is 0 Å². The van der Waals surface area contributed by atoms with E-state index < -0.39 is 0 Å². The van der Waals surface area contributed by atoms with Crippen LogP contribution in [0.4, 0.5) is 0 Å². The quantitative estimate of drug-likeness (QED) is 0.332. The van der Waals surface area contributed by atoms with Crippen LogP contribution in [0.25, 0.3) is 0 Å². The normalized spacial score (nSPS) is 14.9. The van der Waals surface area contributed by atoms with Gasteiger partial charge in [-0.05, 0) is 73.2 Å². The standard InChI is InChI=1S/C28H31ClN2O4S/c1-20-4-6-21(7-5-20)28(33)30(14-3-16-34-2)18-27(32)31-15-12-26-24(13-17-36-26)25(31)19-35-23-10-8-22(29)9-11-23/h4-11,13,17,25H,3,12,14-16,18-19H2,1-2H3/t25-/m1/s1. The van der Waals surface area contributed by atoms with Gasteiger partial charge in [0.25, 0.3) is 5.91 Å². The highest BCUT2D eigenvalue weighted by atomic mass is 35.5. The fourth-order valence-corrected chi connectivity index (χ4v) is 5.42. The van der Waals surface area contributed by atoms with Crippen molar-refractivity contribution in [2.24, 2.45) is 0 Å². The predicted octanol–water partition coefficient (Wildman–Crippen LogP) is 5.39. The molecule has 3 aromatic rings. The van der Waals surface area contributed by atoms with Crippen LogP contribution in [0, 0.1) is 6.92 Å². The first-order valence-electron chi connectivity index (χ1n) is 12.0. The lowest BCUT2D eigenvalue weighted by molar-refractivity contribution is -0.135. The number of methoxy groups -OCH3 is 1. The van der Waals surface area contributed by atoms with Crippen LogP contribution in [-0.4, -0.2) is 61.6 Å². The molecule has 6 nitrogen and oxygen atoms in total. The number of carbonyl (C=O) groups is 2. The average Bonchev–Trinajstić information content (AvgIpc) is 3.37. The molecule has 4 rings (SSSR count). The van der Waals surface area contributed by atoms with Gasteiger partial charge in [0.05, 0.1) is 6.04 Å². The number of halogens is 1. The monoisotopic (exact) mass is 526 g/mol. The van der Waals surface area contributed by atoms with Crippen molar-refractivity contribution < 1.29 is 19.1 Å². The summed E-state index contributed by atoms with van der Waals surface area (Å²) in [6, 6.07) is 16.5. The molecule has 0 bridgehead atoms. The number of aryl methyl sites for hydroxylation is 1. The van der Waals surface area contributed by atoms with Gasteiger partial charge in [-0.3, -0.25) is 9.59 Å². The molecule has 0 saturated heterocycles. The number of ether oxygens (including phenoxy) is 2. The third-order valence-corrected chi connectivity index (χ3v) is 7.57. The second-order valence-corrected chi connectivity index (χ2v) is 10.3. The summed E-state index contributed by atoms with van der Waals surface area (Å²) >= 11 is 7.71. The molecule has 0 unspecified atom stereocenters. The Morgan fingerprint density at radius 1 is 1.11 bits per heavy atom. The summed E-state index contributed by atoms with van der Waals surface area (Å²) in [7, 11) is 1.63. The van der Waals surface area contributed by atoms with E-state index in [4.69, 9.17) is 21.1 Å². The summed E-state index contributed by atoms with van der Waals surface area (Å²) in [4.78, 5) is 31.7. The second kappa shape index (κ2) is 12.4. The number of benzene rings is 2. The van der Waals surface area contributed by atoms with E-state index in [1.807, 2.05) is 48.2 Å². The first-order chi connectivity index (χ1) is 17.5. The van der Waals surface area contributed by atoms with Crippen LogP contribution in [0.2, 0.25) is 5.02 Å². The Morgan fingerprint density at radius 2 is 1.86 bits per heavy atom. The van der Waals surface area contributed by atoms with E-state index in [2.05, 4.69) is 11.4 Å².